The number of amides is 2. The fourth-order valence-electron chi connectivity index (χ4n) is 4.46. The van der Waals surface area contributed by atoms with Crippen molar-refractivity contribution in [1.29, 1.82) is 0 Å². The van der Waals surface area contributed by atoms with E-state index in [0.29, 0.717) is 11.4 Å². The van der Waals surface area contributed by atoms with Crippen LogP contribution in [0.4, 0.5) is 21.0 Å². The van der Waals surface area contributed by atoms with Crippen molar-refractivity contribution in [2.45, 2.75) is 118 Å². The van der Waals surface area contributed by atoms with Crippen LogP contribution in [-0.2, 0) is 9.47 Å². The third kappa shape index (κ3) is 18.9. The van der Waals surface area contributed by atoms with Gasteiger partial charge in [0.1, 0.15) is 13.5 Å². The van der Waals surface area contributed by atoms with Crippen molar-refractivity contribution in [3.63, 3.8) is 0 Å². The van der Waals surface area contributed by atoms with Crippen molar-refractivity contribution >= 4 is 23.6 Å². The number of hydrogen-bond acceptors (Lipinski definition) is 6. The van der Waals surface area contributed by atoms with Gasteiger partial charge < -0.3 is 9.47 Å². The number of benzene rings is 1. The van der Waals surface area contributed by atoms with Crippen molar-refractivity contribution in [2.75, 3.05) is 50.3 Å². The average Bonchev–Trinajstić information content (AvgIpc) is 2.96. The third-order valence-corrected chi connectivity index (χ3v) is 7.18. The largest absolute Gasteiger partial charge is 0.433 e. The molecular weight excluding hydrogens is 504 g/mol. The zero-order chi connectivity index (χ0) is 29.3. The highest BCUT2D eigenvalue weighted by atomic mass is 16.6. The number of rotatable bonds is 24. The molecule has 0 bridgehead atoms. The first-order valence-corrected chi connectivity index (χ1v) is 15.9. The van der Waals surface area contributed by atoms with Crippen LogP contribution in [0.2, 0.25) is 0 Å². The van der Waals surface area contributed by atoms with Gasteiger partial charge in [0.2, 0.25) is 0 Å². The molecule has 40 heavy (non-hydrogen) atoms. The van der Waals surface area contributed by atoms with Crippen LogP contribution in [0.1, 0.15) is 118 Å². The van der Waals surface area contributed by atoms with Gasteiger partial charge in [-0.05, 0) is 50.2 Å². The molecule has 2 amide bonds. The number of anilines is 2. The van der Waals surface area contributed by atoms with Gasteiger partial charge >= 0.3 is 12.2 Å². The molecule has 230 valence electrons. The number of nitrogens with zero attached hydrogens (tertiary/aromatic N) is 2. The molecule has 1 rings (SSSR count). The summed E-state index contributed by atoms with van der Waals surface area (Å²) in [6, 6.07) is 6.91. The van der Waals surface area contributed by atoms with Crippen LogP contribution in [0.25, 0.3) is 0 Å². The molecule has 8 nitrogen and oxygen atoms in total. The van der Waals surface area contributed by atoms with Crippen molar-refractivity contribution in [2.24, 2.45) is 0 Å². The average molecular weight is 563 g/mol. The Morgan fingerprint density at radius 1 is 0.550 bits per heavy atom. The Hall–Kier alpha value is -2.32. The third-order valence-electron chi connectivity index (χ3n) is 7.18. The van der Waals surface area contributed by atoms with Crippen molar-refractivity contribution < 1.29 is 19.1 Å². The number of unbranched alkanes of at least 4 members (excludes halogenated alkanes) is 12. The molecule has 0 aliphatic rings. The second-order valence-corrected chi connectivity index (χ2v) is 10.6. The Morgan fingerprint density at radius 2 is 0.875 bits per heavy atom. The SMILES string of the molecule is CCCCCCCCCN(CC)COC(=O)Nc1ccc(NC(=O)OCN(CC)CCCCCCCCC)cc1. The van der Waals surface area contributed by atoms with E-state index >= 15 is 0 Å². The molecule has 2 N–H and O–H groups in total. The highest BCUT2D eigenvalue weighted by Gasteiger charge is 2.10. The van der Waals surface area contributed by atoms with Gasteiger partial charge in [0, 0.05) is 24.5 Å². The molecule has 1 aromatic carbocycles. The maximum absolute atomic E-state index is 12.2. The van der Waals surface area contributed by atoms with Gasteiger partial charge in [-0.1, -0.05) is 105 Å². The first-order valence-electron chi connectivity index (χ1n) is 15.9. The van der Waals surface area contributed by atoms with E-state index in [0.717, 1.165) is 39.0 Å². The molecule has 1 aromatic rings. The first-order chi connectivity index (χ1) is 19.5. The number of nitrogens with one attached hydrogen (secondary N) is 2. The van der Waals surface area contributed by atoms with Crippen LogP contribution in [0, 0.1) is 0 Å². The van der Waals surface area contributed by atoms with E-state index < -0.39 is 12.2 Å². The van der Waals surface area contributed by atoms with Crippen LogP contribution in [-0.4, -0.2) is 61.6 Å². The summed E-state index contributed by atoms with van der Waals surface area (Å²) in [4.78, 5) is 28.8. The number of carbonyl (C=O) groups is 2. The lowest BCUT2D eigenvalue weighted by molar-refractivity contribution is 0.0792. The monoisotopic (exact) mass is 562 g/mol. The Morgan fingerprint density at radius 3 is 1.20 bits per heavy atom. The first kappa shape index (κ1) is 35.7. The molecule has 0 atom stereocenters. The fraction of sp³-hybridized carbons (Fsp3) is 0.750. The summed E-state index contributed by atoms with van der Waals surface area (Å²) in [6.45, 7) is 12.7. The Kier molecular flexibility index (Phi) is 21.8. The predicted octanol–water partition coefficient (Wildman–Crippen LogP) is 8.84. The van der Waals surface area contributed by atoms with Crippen LogP contribution < -0.4 is 10.6 Å². The van der Waals surface area contributed by atoms with E-state index in [1.165, 1.54) is 77.0 Å². The highest BCUT2D eigenvalue weighted by molar-refractivity contribution is 5.87. The number of hydrogen-bond donors (Lipinski definition) is 2. The molecule has 0 saturated heterocycles. The van der Waals surface area contributed by atoms with E-state index in [1.807, 2.05) is 0 Å². The van der Waals surface area contributed by atoms with E-state index in [-0.39, 0.29) is 13.5 Å². The molecule has 0 saturated carbocycles. The lowest BCUT2D eigenvalue weighted by atomic mass is 10.1. The van der Waals surface area contributed by atoms with Gasteiger partial charge in [-0.25, -0.2) is 9.59 Å². The molecule has 0 heterocycles. The molecule has 8 heteroatoms. The Balaban J connectivity index is 2.24. The lowest BCUT2D eigenvalue weighted by Gasteiger charge is -2.20. The van der Waals surface area contributed by atoms with Crippen LogP contribution in [0.3, 0.4) is 0 Å². The Bertz CT molecular complexity index is 697. The molecule has 0 radical (unpaired) electrons. The quantitative estimate of drug-likeness (QED) is 0.0967. The van der Waals surface area contributed by atoms with Gasteiger partial charge in [0.15, 0.2) is 0 Å². The smallest absolute Gasteiger partial charge is 0.412 e. The summed E-state index contributed by atoms with van der Waals surface area (Å²) in [6.07, 6.45) is 16.7. The minimum Gasteiger partial charge on any atom is -0.433 e. The fourth-order valence-corrected chi connectivity index (χ4v) is 4.46. The molecule has 0 unspecified atom stereocenters. The summed E-state index contributed by atoms with van der Waals surface area (Å²) in [5.41, 5.74) is 1.21. The summed E-state index contributed by atoms with van der Waals surface area (Å²) in [7, 11) is 0. The van der Waals surface area contributed by atoms with E-state index in [4.69, 9.17) is 9.47 Å². The molecule has 0 aromatic heterocycles. The molecule has 0 aliphatic carbocycles. The lowest BCUT2D eigenvalue weighted by Crippen LogP contribution is -2.30. The number of ether oxygens (including phenoxy) is 2. The maximum atomic E-state index is 12.2. The van der Waals surface area contributed by atoms with Crippen molar-refractivity contribution in [3.8, 4) is 0 Å². The van der Waals surface area contributed by atoms with Crippen molar-refractivity contribution in [3.05, 3.63) is 24.3 Å². The van der Waals surface area contributed by atoms with E-state index in [2.05, 4.69) is 48.1 Å². The van der Waals surface area contributed by atoms with Gasteiger partial charge in [0.05, 0.1) is 0 Å². The van der Waals surface area contributed by atoms with Crippen LogP contribution in [0.15, 0.2) is 24.3 Å². The van der Waals surface area contributed by atoms with Gasteiger partial charge in [-0.15, -0.1) is 0 Å². The summed E-state index contributed by atoms with van der Waals surface area (Å²) in [5.74, 6) is 0. The zero-order valence-electron chi connectivity index (χ0n) is 26.0. The predicted molar refractivity (Wildman–Crippen MR) is 167 cm³/mol. The van der Waals surface area contributed by atoms with Crippen LogP contribution >= 0.6 is 0 Å². The van der Waals surface area contributed by atoms with Crippen molar-refractivity contribution in [1.82, 2.24) is 9.80 Å². The highest BCUT2D eigenvalue weighted by Crippen LogP contribution is 2.15. The normalized spacial score (nSPS) is 11.2. The molecule has 0 aliphatic heterocycles. The van der Waals surface area contributed by atoms with Gasteiger partial charge in [-0.3, -0.25) is 20.4 Å². The second kappa shape index (κ2) is 24.5. The minimum atomic E-state index is -0.487. The molecule has 0 spiro atoms. The topological polar surface area (TPSA) is 83.1 Å². The maximum Gasteiger partial charge on any atom is 0.412 e. The summed E-state index contributed by atoms with van der Waals surface area (Å²) in [5, 5.41) is 5.49. The van der Waals surface area contributed by atoms with Gasteiger partial charge in [-0.2, -0.15) is 0 Å². The standard InChI is InChI=1S/C32H58N4O4/c1-5-9-11-13-15-17-19-25-35(7-3)27-39-31(37)33-29-21-23-30(24-22-29)34-32(38)40-28-36(8-4)26-20-18-16-14-12-10-6-2/h21-24H,5-20,25-28H2,1-4H3,(H,33,37)(H,34,38). The Labute approximate surface area is 244 Å². The summed E-state index contributed by atoms with van der Waals surface area (Å²) >= 11 is 0. The van der Waals surface area contributed by atoms with Gasteiger partial charge in [0.25, 0.3) is 0 Å². The molecular formula is C32H58N4O4. The second-order valence-electron chi connectivity index (χ2n) is 10.6. The minimum absolute atomic E-state index is 0.275. The molecule has 0 fully saturated rings. The van der Waals surface area contributed by atoms with Crippen LogP contribution in [0.5, 0.6) is 0 Å². The van der Waals surface area contributed by atoms with E-state index in [1.54, 1.807) is 24.3 Å². The van der Waals surface area contributed by atoms with E-state index in [9.17, 15) is 9.59 Å². The summed E-state index contributed by atoms with van der Waals surface area (Å²) < 4.78 is 10.8. The zero-order valence-corrected chi connectivity index (χ0v) is 26.0. The number of carbonyl (C=O) groups excluding carboxylic acids is 2.